The molecule has 0 saturated carbocycles. The first-order valence-corrected chi connectivity index (χ1v) is 6.58. The maximum atomic E-state index is 5.55. The third-order valence-corrected chi connectivity index (χ3v) is 2.88. The van der Waals surface area contributed by atoms with Gasteiger partial charge in [-0.3, -0.25) is 0 Å². The van der Waals surface area contributed by atoms with Crippen molar-refractivity contribution in [2.24, 2.45) is 0 Å². The number of thiophene rings is 1. The van der Waals surface area contributed by atoms with Crippen LogP contribution >= 0.6 is 11.3 Å². The molecule has 0 aromatic carbocycles. The van der Waals surface area contributed by atoms with Crippen LogP contribution in [0.25, 0.3) is 0 Å². The number of hydrogen-bond acceptors (Lipinski definition) is 4. The largest absolute Gasteiger partial charge is 0.376 e. The molecule has 4 heteroatoms. The Hall–Kier alpha value is -0.420. The third-order valence-electron chi connectivity index (χ3n) is 2.03. The molecule has 1 aromatic heterocycles. The lowest BCUT2D eigenvalue weighted by Crippen LogP contribution is -2.19. The first-order valence-electron chi connectivity index (χ1n) is 5.70. The summed E-state index contributed by atoms with van der Waals surface area (Å²) in [4.78, 5) is 1.25. The average molecular weight is 244 g/mol. The van der Waals surface area contributed by atoms with Crippen LogP contribution in [0.4, 0.5) is 0 Å². The summed E-state index contributed by atoms with van der Waals surface area (Å²) in [5, 5.41) is 2.06. The Bertz CT molecular complexity index is 243. The zero-order valence-electron chi connectivity index (χ0n) is 9.98. The molecule has 92 valence electrons. The third kappa shape index (κ3) is 5.61. The summed E-state index contributed by atoms with van der Waals surface area (Å²) in [5.41, 5.74) is 0. The fourth-order valence-electron chi connectivity index (χ4n) is 1.33. The molecule has 0 unspecified atom stereocenters. The van der Waals surface area contributed by atoms with E-state index in [4.69, 9.17) is 14.2 Å². The lowest BCUT2D eigenvalue weighted by atomic mass is 10.4. The smallest absolute Gasteiger partial charge is 0.159 e. The van der Waals surface area contributed by atoms with Gasteiger partial charge in [0, 0.05) is 24.5 Å². The van der Waals surface area contributed by atoms with E-state index >= 15 is 0 Å². The lowest BCUT2D eigenvalue weighted by molar-refractivity contribution is -0.147. The van der Waals surface area contributed by atoms with E-state index in [1.54, 1.807) is 11.3 Å². The summed E-state index contributed by atoms with van der Waals surface area (Å²) < 4.78 is 16.4. The summed E-state index contributed by atoms with van der Waals surface area (Å²) in [7, 11) is 0. The van der Waals surface area contributed by atoms with E-state index in [2.05, 4.69) is 11.4 Å². The van der Waals surface area contributed by atoms with Crippen LogP contribution in [0.3, 0.4) is 0 Å². The molecule has 0 amide bonds. The molecule has 1 aromatic rings. The zero-order valence-corrected chi connectivity index (χ0v) is 10.8. The minimum absolute atomic E-state index is 0.127. The highest BCUT2D eigenvalue weighted by molar-refractivity contribution is 7.09. The van der Waals surface area contributed by atoms with E-state index in [0.717, 1.165) is 6.42 Å². The standard InChI is InChI=1S/C12H20O3S/c1-3-14-12(15-4-2)7-8-13-10-11-6-5-9-16-11/h5-6,9,12H,3-4,7-8,10H2,1-2H3. The van der Waals surface area contributed by atoms with Gasteiger partial charge in [0.1, 0.15) is 0 Å². The van der Waals surface area contributed by atoms with Crippen molar-refractivity contribution in [3.8, 4) is 0 Å². The summed E-state index contributed by atoms with van der Waals surface area (Å²) in [6.07, 6.45) is 0.658. The summed E-state index contributed by atoms with van der Waals surface area (Å²) in [5.74, 6) is 0. The molecule has 0 radical (unpaired) electrons. The Morgan fingerprint density at radius 3 is 2.56 bits per heavy atom. The molecule has 0 atom stereocenters. The van der Waals surface area contributed by atoms with E-state index in [1.165, 1.54) is 4.88 Å². The van der Waals surface area contributed by atoms with Gasteiger partial charge in [0.25, 0.3) is 0 Å². The maximum absolute atomic E-state index is 5.55. The van der Waals surface area contributed by atoms with Crippen LogP contribution in [0.5, 0.6) is 0 Å². The van der Waals surface area contributed by atoms with Crippen LogP contribution in [0.1, 0.15) is 25.1 Å². The molecular formula is C12H20O3S. The van der Waals surface area contributed by atoms with Crippen molar-refractivity contribution in [1.29, 1.82) is 0 Å². The van der Waals surface area contributed by atoms with Crippen LogP contribution in [0.15, 0.2) is 17.5 Å². The Morgan fingerprint density at radius 2 is 2.00 bits per heavy atom. The van der Waals surface area contributed by atoms with Crippen molar-refractivity contribution in [3.63, 3.8) is 0 Å². The molecule has 0 spiro atoms. The lowest BCUT2D eigenvalue weighted by Gasteiger charge is -2.16. The van der Waals surface area contributed by atoms with Gasteiger partial charge in [0.2, 0.25) is 0 Å². The highest BCUT2D eigenvalue weighted by atomic mass is 32.1. The minimum Gasteiger partial charge on any atom is -0.376 e. The maximum Gasteiger partial charge on any atom is 0.159 e. The van der Waals surface area contributed by atoms with Crippen molar-refractivity contribution >= 4 is 11.3 Å². The molecule has 0 aliphatic rings. The molecule has 3 nitrogen and oxygen atoms in total. The highest BCUT2D eigenvalue weighted by Gasteiger charge is 2.07. The van der Waals surface area contributed by atoms with E-state index in [1.807, 2.05) is 19.9 Å². The van der Waals surface area contributed by atoms with E-state index < -0.39 is 0 Å². The van der Waals surface area contributed by atoms with Gasteiger partial charge in [-0.15, -0.1) is 11.3 Å². The number of hydrogen-bond donors (Lipinski definition) is 0. The van der Waals surface area contributed by atoms with E-state index in [9.17, 15) is 0 Å². The van der Waals surface area contributed by atoms with Gasteiger partial charge >= 0.3 is 0 Å². The van der Waals surface area contributed by atoms with Crippen molar-refractivity contribution in [3.05, 3.63) is 22.4 Å². The second kappa shape index (κ2) is 8.70. The average Bonchev–Trinajstić information content (AvgIpc) is 2.78. The van der Waals surface area contributed by atoms with Gasteiger partial charge in [0.15, 0.2) is 6.29 Å². The van der Waals surface area contributed by atoms with Crippen LogP contribution in [0, 0.1) is 0 Å². The molecule has 0 bridgehead atoms. The predicted molar refractivity (Wildman–Crippen MR) is 65.6 cm³/mol. The quantitative estimate of drug-likeness (QED) is 0.493. The fraction of sp³-hybridized carbons (Fsp3) is 0.667. The van der Waals surface area contributed by atoms with E-state index in [0.29, 0.717) is 26.4 Å². The molecule has 16 heavy (non-hydrogen) atoms. The van der Waals surface area contributed by atoms with Gasteiger partial charge in [-0.25, -0.2) is 0 Å². The first kappa shape index (κ1) is 13.6. The fourth-order valence-corrected chi connectivity index (χ4v) is 1.97. The SMILES string of the molecule is CCOC(CCOCc1cccs1)OCC. The minimum atomic E-state index is -0.127. The van der Waals surface area contributed by atoms with Gasteiger partial charge in [0.05, 0.1) is 13.2 Å². The van der Waals surface area contributed by atoms with Crippen LogP contribution < -0.4 is 0 Å². The molecule has 0 saturated heterocycles. The Kier molecular flexibility index (Phi) is 7.42. The van der Waals surface area contributed by atoms with Crippen molar-refractivity contribution in [1.82, 2.24) is 0 Å². The number of ether oxygens (including phenoxy) is 3. The second-order valence-corrected chi connectivity index (χ2v) is 4.29. The predicted octanol–water partition coefficient (Wildman–Crippen LogP) is 3.05. The Labute approximate surface area is 101 Å². The zero-order chi connectivity index (χ0) is 11.6. The van der Waals surface area contributed by atoms with Gasteiger partial charge < -0.3 is 14.2 Å². The molecule has 0 fully saturated rings. The monoisotopic (exact) mass is 244 g/mol. The molecule has 0 N–H and O–H groups in total. The summed E-state index contributed by atoms with van der Waals surface area (Å²) >= 11 is 1.71. The Balaban J connectivity index is 2.08. The molecular weight excluding hydrogens is 224 g/mol. The van der Waals surface area contributed by atoms with Crippen LogP contribution in [0.2, 0.25) is 0 Å². The van der Waals surface area contributed by atoms with Crippen molar-refractivity contribution in [2.75, 3.05) is 19.8 Å². The molecule has 0 aliphatic heterocycles. The Morgan fingerprint density at radius 1 is 1.25 bits per heavy atom. The van der Waals surface area contributed by atoms with Gasteiger partial charge in [-0.1, -0.05) is 6.07 Å². The van der Waals surface area contributed by atoms with Gasteiger partial charge in [-0.05, 0) is 25.3 Å². The molecule has 0 aliphatic carbocycles. The number of rotatable bonds is 9. The van der Waals surface area contributed by atoms with Crippen LogP contribution in [-0.2, 0) is 20.8 Å². The van der Waals surface area contributed by atoms with E-state index in [-0.39, 0.29) is 6.29 Å². The molecule has 1 heterocycles. The highest BCUT2D eigenvalue weighted by Crippen LogP contribution is 2.10. The normalized spacial score (nSPS) is 11.2. The molecule has 1 rings (SSSR count). The van der Waals surface area contributed by atoms with Gasteiger partial charge in [-0.2, -0.15) is 0 Å². The summed E-state index contributed by atoms with van der Waals surface area (Å²) in [6.45, 7) is 6.65. The first-order chi connectivity index (χ1) is 7.86. The topological polar surface area (TPSA) is 27.7 Å². The summed E-state index contributed by atoms with van der Waals surface area (Å²) in [6, 6.07) is 4.11. The second-order valence-electron chi connectivity index (χ2n) is 3.26. The van der Waals surface area contributed by atoms with Crippen LogP contribution in [-0.4, -0.2) is 26.1 Å². The van der Waals surface area contributed by atoms with Crippen molar-refractivity contribution in [2.45, 2.75) is 33.2 Å². The van der Waals surface area contributed by atoms with Crippen molar-refractivity contribution < 1.29 is 14.2 Å².